The Morgan fingerprint density at radius 3 is 2.65 bits per heavy atom. The summed E-state index contributed by atoms with van der Waals surface area (Å²) in [6.07, 6.45) is 0. The maximum Gasteiger partial charge on any atom is 0.173 e. The number of oxime groups is 1. The average molecular weight is 281 g/mol. The van der Waals surface area contributed by atoms with Crippen molar-refractivity contribution in [1.29, 1.82) is 0 Å². The van der Waals surface area contributed by atoms with Crippen LogP contribution in [0.5, 0.6) is 0 Å². The number of benzene rings is 1. The second-order valence-corrected chi connectivity index (χ2v) is 6.16. The van der Waals surface area contributed by atoms with Crippen LogP contribution in [0.1, 0.15) is 38.8 Å². The minimum atomic E-state index is -0.446. The van der Waals surface area contributed by atoms with Gasteiger partial charge in [-0.25, -0.2) is 4.39 Å². The molecule has 0 radical (unpaired) electrons. The van der Waals surface area contributed by atoms with E-state index in [1.54, 1.807) is 12.1 Å². The maximum atomic E-state index is 14.2. The van der Waals surface area contributed by atoms with Gasteiger partial charge in [0.1, 0.15) is 5.82 Å². The predicted molar refractivity (Wildman–Crippen MR) is 79.2 cm³/mol. The van der Waals surface area contributed by atoms with Crippen LogP contribution in [0.4, 0.5) is 4.39 Å². The van der Waals surface area contributed by atoms with Crippen LogP contribution in [0.2, 0.25) is 0 Å². The van der Waals surface area contributed by atoms with Gasteiger partial charge in [-0.3, -0.25) is 0 Å². The zero-order chi connectivity index (χ0) is 15.3. The predicted octanol–water partition coefficient (Wildman–Crippen LogP) is 2.69. The first-order valence-electron chi connectivity index (χ1n) is 6.73. The minimum absolute atomic E-state index is 0.121. The van der Waals surface area contributed by atoms with Crippen LogP contribution in [0.25, 0.3) is 0 Å². The fraction of sp³-hybridized carbons (Fsp3) is 0.533. The lowest BCUT2D eigenvalue weighted by Gasteiger charge is -2.27. The fourth-order valence-corrected chi connectivity index (χ4v) is 1.70. The standard InChI is InChI=1S/C15H24FN3O/c1-10(15(2,3)4)8-18-9-11-6-5-7-12(13(11)16)14(17)19-20/h5-7,10,18,20H,8-9H2,1-4H3,(H2,17,19). The van der Waals surface area contributed by atoms with Gasteiger partial charge in [-0.2, -0.15) is 0 Å². The third kappa shape index (κ3) is 4.20. The van der Waals surface area contributed by atoms with Crippen molar-refractivity contribution in [2.75, 3.05) is 6.54 Å². The molecule has 0 aliphatic rings. The first-order valence-corrected chi connectivity index (χ1v) is 6.73. The van der Waals surface area contributed by atoms with Crippen LogP contribution in [0, 0.1) is 17.2 Å². The Hall–Kier alpha value is -1.62. The Kier molecular flexibility index (Phi) is 5.51. The zero-order valence-corrected chi connectivity index (χ0v) is 12.6. The number of nitrogens with zero attached hydrogens (tertiary/aromatic N) is 1. The summed E-state index contributed by atoms with van der Waals surface area (Å²) in [6.45, 7) is 9.92. The molecule has 0 spiro atoms. The minimum Gasteiger partial charge on any atom is -0.409 e. The van der Waals surface area contributed by atoms with E-state index < -0.39 is 5.82 Å². The zero-order valence-electron chi connectivity index (χ0n) is 12.6. The highest BCUT2D eigenvalue weighted by Gasteiger charge is 2.19. The van der Waals surface area contributed by atoms with Gasteiger partial charge in [0.25, 0.3) is 0 Å². The summed E-state index contributed by atoms with van der Waals surface area (Å²) >= 11 is 0. The van der Waals surface area contributed by atoms with Crippen molar-refractivity contribution in [3.8, 4) is 0 Å². The Balaban J connectivity index is 2.71. The van der Waals surface area contributed by atoms with Gasteiger partial charge in [0.2, 0.25) is 0 Å². The molecule has 1 rings (SSSR count). The molecular formula is C15H24FN3O. The summed E-state index contributed by atoms with van der Waals surface area (Å²) < 4.78 is 14.2. The molecule has 112 valence electrons. The van der Waals surface area contributed by atoms with E-state index in [0.717, 1.165) is 6.54 Å². The van der Waals surface area contributed by atoms with E-state index in [1.807, 2.05) is 0 Å². The molecule has 0 bridgehead atoms. The molecule has 1 atom stereocenters. The van der Waals surface area contributed by atoms with Crippen molar-refractivity contribution in [3.63, 3.8) is 0 Å². The van der Waals surface area contributed by atoms with Crippen LogP contribution >= 0.6 is 0 Å². The van der Waals surface area contributed by atoms with Gasteiger partial charge >= 0.3 is 0 Å². The van der Waals surface area contributed by atoms with E-state index >= 15 is 0 Å². The molecular weight excluding hydrogens is 257 g/mol. The van der Waals surface area contributed by atoms with E-state index in [0.29, 0.717) is 18.0 Å². The van der Waals surface area contributed by atoms with Gasteiger partial charge in [-0.1, -0.05) is 45.0 Å². The molecule has 0 amide bonds. The number of nitrogens with two attached hydrogens (primary N) is 1. The fourth-order valence-electron chi connectivity index (χ4n) is 1.70. The molecule has 20 heavy (non-hydrogen) atoms. The molecule has 1 unspecified atom stereocenters. The second kappa shape index (κ2) is 6.70. The molecule has 0 saturated heterocycles. The van der Waals surface area contributed by atoms with E-state index in [2.05, 4.69) is 38.2 Å². The first-order chi connectivity index (χ1) is 9.27. The normalized spacial score (nSPS) is 14.3. The molecule has 1 aromatic carbocycles. The Labute approximate surface area is 119 Å². The lowest BCUT2D eigenvalue weighted by molar-refractivity contribution is 0.252. The highest BCUT2D eigenvalue weighted by atomic mass is 19.1. The number of amidine groups is 1. The molecule has 0 aliphatic heterocycles. The average Bonchev–Trinajstić information content (AvgIpc) is 2.38. The number of rotatable bonds is 5. The van der Waals surface area contributed by atoms with Crippen molar-refractivity contribution in [2.45, 2.75) is 34.2 Å². The van der Waals surface area contributed by atoms with Crippen molar-refractivity contribution in [1.82, 2.24) is 5.32 Å². The summed E-state index contributed by atoms with van der Waals surface area (Å²) in [5.74, 6) is -0.191. The van der Waals surface area contributed by atoms with Crippen LogP contribution in [0.3, 0.4) is 0 Å². The smallest absolute Gasteiger partial charge is 0.173 e. The lowest BCUT2D eigenvalue weighted by atomic mass is 9.82. The molecule has 4 N–H and O–H groups in total. The van der Waals surface area contributed by atoms with Gasteiger partial charge in [0.05, 0.1) is 5.56 Å². The second-order valence-electron chi connectivity index (χ2n) is 6.16. The molecule has 0 heterocycles. The van der Waals surface area contributed by atoms with E-state index in [-0.39, 0.29) is 16.8 Å². The number of nitrogens with one attached hydrogen (secondary N) is 1. The van der Waals surface area contributed by atoms with Gasteiger partial charge < -0.3 is 16.3 Å². The summed E-state index contributed by atoms with van der Waals surface area (Å²) in [5.41, 5.74) is 6.28. The molecule has 5 heteroatoms. The summed E-state index contributed by atoms with van der Waals surface area (Å²) in [7, 11) is 0. The van der Waals surface area contributed by atoms with E-state index in [1.165, 1.54) is 6.07 Å². The van der Waals surface area contributed by atoms with Crippen molar-refractivity contribution >= 4 is 5.84 Å². The Morgan fingerprint density at radius 1 is 1.45 bits per heavy atom. The maximum absolute atomic E-state index is 14.2. The summed E-state index contributed by atoms with van der Waals surface area (Å²) in [5, 5.41) is 14.7. The molecule has 1 aromatic rings. The van der Waals surface area contributed by atoms with Crippen molar-refractivity contribution in [2.24, 2.45) is 22.2 Å². The van der Waals surface area contributed by atoms with Gasteiger partial charge in [0, 0.05) is 12.1 Å². The Morgan fingerprint density at radius 2 is 2.10 bits per heavy atom. The van der Waals surface area contributed by atoms with Crippen molar-refractivity contribution < 1.29 is 9.60 Å². The van der Waals surface area contributed by atoms with Crippen LogP contribution in [0.15, 0.2) is 23.4 Å². The van der Waals surface area contributed by atoms with Crippen LogP contribution in [-0.4, -0.2) is 17.6 Å². The quantitative estimate of drug-likeness (QED) is 0.336. The Bertz CT molecular complexity index is 480. The third-order valence-corrected chi connectivity index (χ3v) is 3.71. The first kappa shape index (κ1) is 16.4. The summed E-state index contributed by atoms with van der Waals surface area (Å²) in [6, 6.07) is 4.88. The largest absolute Gasteiger partial charge is 0.409 e. The highest BCUT2D eigenvalue weighted by Crippen LogP contribution is 2.24. The monoisotopic (exact) mass is 281 g/mol. The summed E-state index contributed by atoms with van der Waals surface area (Å²) in [4.78, 5) is 0. The van der Waals surface area contributed by atoms with Crippen LogP contribution < -0.4 is 11.1 Å². The molecule has 0 aromatic heterocycles. The molecule has 0 aliphatic carbocycles. The van der Waals surface area contributed by atoms with Crippen molar-refractivity contribution in [3.05, 3.63) is 35.1 Å². The number of halogens is 1. The lowest BCUT2D eigenvalue weighted by Crippen LogP contribution is -2.29. The third-order valence-electron chi connectivity index (χ3n) is 3.71. The van der Waals surface area contributed by atoms with Gasteiger partial charge in [-0.05, 0) is 23.9 Å². The number of hydrogen-bond acceptors (Lipinski definition) is 3. The number of hydrogen-bond donors (Lipinski definition) is 3. The van der Waals surface area contributed by atoms with Crippen LogP contribution in [-0.2, 0) is 6.54 Å². The SMILES string of the molecule is CC(CNCc1cccc(/C(N)=N/O)c1F)C(C)(C)C. The van der Waals surface area contributed by atoms with E-state index in [9.17, 15) is 4.39 Å². The van der Waals surface area contributed by atoms with Gasteiger partial charge in [-0.15, -0.1) is 0 Å². The molecule has 0 saturated carbocycles. The topological polar surface area (TPSA) is 70.6 Å². The van der Waals surface area contributed by atoms with E-state index in [4.69, 9.17) is 10.9 Å². The molecule has 0 fully saturated rings. The highest BCUT2D eigenvalue weighted by molar-refractivity contribution is 5.97. The molecule has 4 nitrogen and oxygen atoms in total. The van der Waals surface area contributed by atoms with Gasteiger partial charge in [0.15, 0.2) is 5.84 Å².